The Morgan fingerprint density at radius 1 is 1.38 bits per heavy atom. The third kappa shape index (κ3) is 5.03. The van der Waals surface area contributed by atoms with Crippen LogP contribution in [0.25, 0.3) is 0 Å². The minimum Gasteiger partial charge on any atom is -0.444 e. The third-order valence-electron chi connectivity index (χ3n) is 3.47. The molecule has 1 aliphatic carbocycles. The summed E-state index contributed by atoms with van der Waals surface area (Å²) >= 11 is 1.80. The Kier molecular flexibility index (Phi) is 5.85. The molecular formula is C17H29NO2S. The second-order valence-electron chi connectivity index (χ2n) is 6.68. The second-order valence-corrected chi connectivity index (χ2v) is 7.65. The van der Waals surface area contributed by atoms with E-state index in [1.807, 2.05) is 34.6 Å². The first-order valence-electron chi connectivity index (χ1n) is 7.76. The minimum absolute atomic E-state index is 0.188. The van der Waals surface area contributed by atoms with E-state index in [-0.39, 0.29) is 11.6 Å². The number of carbonyl (C=O) groups is 1. The van der Waals surface area contributed by atoms with Crippen molar-refractivity contribution in [3.63, 3.8) is 0 Å². The molecule has 1 aromatic heterocycles. The van der Waals surface area contributed by atoms with Crippen molar-refractivity contribution in [2.24, 2.45) is 0 Å². The van der Waals surface area contributed by atoms with Crippen LogP contribution in [0.4, 0.5) is 4.79 Å². The first-order valence-corrected chi connectivity index (χ1v) is 8.63. The Balaban J connectivity index is 0.00000106. The molecule has 1 aromatic rings. The van der Waals surface area contributed by atoms with Crippen LogP contribution < -0.4 is 5.32 Å². The van der Waals surface area contributed by atoms with E-state index < -0.39 is 5.60 Å². The normalized spacial score (nSPS) is 20.9. The maximum Gasteiger partial charge on any atom is 0.408 e. The first-order chi connectivity index (χ1) is 9.69. The summed E-state index contributed by atoms with van der Waals surface area (Å²) in [5, 5.41) is 5.26. The Hall–Kier alpha value is -1.03. The van der Waals surface area contributed by atoms with Crippen LogP contribution in [0.3, 0.4) is 0 Å². The maximum atomic E-state index is 11.9. The van der Waals surface area contributed by atoms with E-state index in [2.05, 4.69) is 24.5 Å². The van der Waals surface area contributed by atoms with Gasteiger partial charge in [0.25, 0.3) is 0 Å². The molecule has 0 aliphatic heterocycles. The fourth-order valence-electron chi connectivity index (χ4n) is 2.51. The van der Waals surface area contributed by atoms with E-state index in [9.17, 15) is 4.79 Å². The monoisotopic (exact) mass is 311 g/mol. The fourth-order valence-corrected chi connectivity index (χ4v) is 3.78. The standard InChI is InChI=1S/C15H23NO2S.C2H6/c1-10-9-19-12-8-15(5,7-6-11(10)12)16-13(17)18-14(2,3)4;1-2/h9H,6-8H2,1-5H3,(H,16,17);1-2H3. The topological polar surface area (TPSA) is 38.3 Å². The van der Waals surface area contributed by atoms with Gasteiger partial charge in [0, 0.05) is 16.8 Å². The third-order valence-corrected chi connectivity index (χ3v) is 4.62. The van der Waals surface area contributed by atoms with Gasteiger partial charge in [-0.3, -0.25) is 0 Å². The van der Waals surface area contributed by atoms with Gasteiger partial charge in [-0.15, -0.1) is 11.3 Å². The maximum absolute atomic E-state index is 11.9. The summed E-state index contributed by atoms with van der Waals surface area (Å²) in [5.41, 5.74) is 2.24. The molecule has 3 nitrogen and oxygen atoms in total. The summed E-state index contributed by atoms with van der Waals surface area (Å²) in [7, 11) is 0. The molecule has 1 atom stereocenters. The average Bonchev–Trinajstić information content (AvgIpc) is 2.69. The van der Waals surface area contributed by atoms with Crippen LogP contribution in [0.5, 0.6) is 0 Å². The molecule has 0 spiro atoms. The molecule has 1 N–H and O–H groups in total. The number of amides is 1. The van der Waals surface area contributed by atoms with Crippen molar-refractivity contribution in [2.75, 3.05) is 0 Å². The summed E-state index contributed by atoms with van der Waals surface area (Å²) in [6.07, 6.45) is 2.60. The fraction of sp³-hybridized carbons (Fsp3) is 0.706. The van der Waals surface area contributed by atoms with E-state index in [0.29, 0.717) is 0 Å². The number of rotatable bonds is 1. The summed E-state index contributed by atoms with van der Waals surface area (Å²) in [6.45, 7) is 13.9. The highest BCUT2D eigenvalue weighted by Gasteiger charge is 2.34. The number of ether oxygens (including phenoxy) is 1. The predicted octanol–water partition coefficient (Wildman–Crippen LogP) is 4.85. The van der Waals surface area contributed by atoms with E-state index in [1.165, 1.54) is 16.0 Å². The van der Waals surface area contributed by atoms with Gasteiger partial charge in [-0.25, -0.2) is 4.79 Å². The van der Waals surface area contributed by atoms with Gasteiger partial charge in [0.2, 0.25) is 0 Å². The summed E-state index contributed by atoms with van der Waals surface area (Å²) < 4.78 is 5.35. The van der Waals surface area contributed by atoms with Crippen LogP contribution in [0.2, 0.25) is 0 Å². The van der Waals surface area contributed by atoms with Crippen LogP contribution in [0, 0.1) is 6.92 Å². The lowest BCUT2D eigenvalue weighted by Gasteiger charge is -2.35. The van der Waals surface area contributed by atoms with Crippen molar-refractivity contribution in [2.45, 2.75) is 78.9 Å². The Morgan fingerprint density at radius 2 is 2.00 bits per heavy atom. The van der Waals surface area contributed by atoms with Crippen molar-refractivity contribution in [3.8, 4) is 0 Å². The molecule has 4 heteroatoms. The smallest absolute Gasteiger partial charge is 0.408 e. The highest BCUT2D eigenvalue weighted by atomic mass is 32.1. The van der Waals surface area contributed by atoms with Gasteiger partial charge in [-0.05, 0) is 64.0 Å². The summed E-state index contributed by atoms with van der Waals surface area (Å²) in [5.74, 6) is 0. The molecule has 21 heavy (non-hydrogen) atoms. The van der Waals surface area contributed by atoms with Crippen LogP contribution >= 0.6 is 11.3 Å². The average molecular weight is 311 g/mol. The molecule has 2 rings (SSSR count). The van der Waals surface area contributed by atoms with E-state index in [1.54, 1.807) is 11.3 Å². The second kappa shape index (κ2) is 6.82. The quantitative estimate of drug-likeness (QED) is 0.804. The molecule has 0 saturated carbocycles. The van der Waals surface area contributed by atoms with Gasteiger partial charge in [0.05, 0.1) is 0 Å². The van der Waals surface area contributed by atoms with Crippen molar-refractivity contribution in [3.05, 3.63) is 21.4 Å². The molecular weight excluding hydrogens is 282 g/mol. The van der Waals surface area contributed by atoms with E-state index in [0.717, 1.165) is 19.3 Å². The number of fused-ring (bicyclic) bond motifs is 1. The van der Waals surface area contributed by atoms with E-state index >= 15 is 0 Å². The number of hydrogen-bond donors (Lipinski definition) is 1. The number of thiophene rings is 1. The van der Waals surface area contributed by atoms with Crippen LogP contribution in [0.15, 0.2) is 5.38 Å². The van der Waals surface area contributed by atoms with Gasteiger partial charge in [-0.1, -0.05) is 13.8 Å². The number of hydrogen-bond acceptors (Lipinski definition) is 3. The van der Waals surface area contributed by atoms with Gasteiger partial charge >= 0.3 is 6.09 Å². The van der Waals surface area contributed by atoms with Gasteiger partial charge in [-0.2, -0.15) is 0 Å². The molecule has 1 unspecified atom stereocenters. The zero-order chi connectivity index (χ0) is 16.3. The van der Waals surface area contributed by atoms with Gasteiger partial charge < -0.3 is 10.1 Å². The van der Waals surface area contributed by atoms with Crippen molar-refractivity contribution in [1.29, 1.82) is 0 Å². The Bertz CT molecular complexity index is 487. The zero-order valence-corrected chi connectivity index (χ0v) is 15.2. The van der Waals surface area contributed by atoms with Crippen LogP contribution in [0.1, 0.15) is 64.0 Å². The molecule has 0 radical (unpaired) electrons. The highest BCUT2D eigenvalue weighted by Crippen LogP contribution is 2.34. The number of alkyl carbamates (subject to hydrolysis) is 1. The number of nitrogens with one attached hydrogen (secondary N) is 1. The largest absolute Gasteiger partial charge is 0.444 e. The number of carbonyl (C=O) groups excluding carboxylic acids is 1. The number of aryl methyl sites for hydroxylation is 1. The molecule has 0 bridgehead atoms. The van der Waals surface area contributed by atoms with Crippen molar-refractivity contribution in [1.82, 2.24) is 5.32 Å². The molecule has 1 heterocycles. The lowest BCUT2D eigenvalue weighted by atomic mass is 9.82. The van der Waals surface area contributed by atoms with Crippen molar-refractivity contribution >= 4 is 17.4 Å². The molecule has 0 fully saturated rings. The molecule has 1 amide bonds. The first kappa shape index (κ1) is 18.0. The van der Waals surface area contributed by atoms with Gasteiger partial charge in [0.15, 0.2) is 0 Å². The minimum atomic E-state index is -0.445. The van der Waals surface area contributed by atoms with Crippen LogP contribution in [-0.2, 0) is 17.6 Å². The predicted molar refractivity (Wildman–Crippen MR) is 90.2 cm³/mol. The lowest BCUT2D eigenvalue weighted by molar-refractivity contribution is 0.0455. The Labute approximate surface area is 133 Å². The Morgan fingerprint density at radius 3 is 2.57 bits per heavy atom. The van der Waals surface area contributed by atoms with Gasteiger partial charge in [0.1, 0.15) is 5.60 Å². The molecule has 0 aromatic carbocycles. The zero-order valence-electron chi connectivity index (χ0n) is 14.4. The SMILES string of the molecule is CC.Cc1csc2c1CCC(C)(NC(=O)OC(C)(C)C)C2. The summed E-state index contributed by atoms with van der Waals surface area (Å²) in [4.78, 5) is 13.3. The van der Waals surface area contributed by atoms with E-state index in [4.69, 9.17) is 4.74 Å². The van der Waals surface area contributed by atoms with Crippen molar-refractivity contribution < 1.29 is 9.53 Å². The lowest BCUT2D eigenvalue weighted by Crippen LogP contribution is -2.51. The highest BCUT2D eigenvalue weighted by molar-refractivity contribution is 7.10. The summed E-state index contributed by atoms with van der Waals surface area (Å²) in [6, 6.07) is 0. The van der Waals surface area contributed by atoms with Crippen LogP contribution in [-0.4, -0.2) is 17.2 Å². The molecule has 120 valence electrons. The molecule has 0 saturated heterocycles. The molecule has 1 aliphatic rings.